The van der Waals surface area contributed by atoms with Crippen molar-refractivity contribution in [2.75, 3.05) is 13.1 Å². The third-order valence-electron chi connectivity index (χ3n) is 3.28. The number of aromatic nitrogens is 1. The van der Waals surface area contributed by atoms with Gasteiger partial charge in [-0.05, 0) is 31.4 Å². The molecular formula is C15H16BrN3S. The van der Waals surface area contributed by atoms with Crippen LogP contribution in [0.1, 0.15) is 25.0 Å². The first-order valence-corrected chi connectivity index (χ1v) is 8.49. The summed E-state index contributed by atoms with van der Waals surface area (Å²) in [5, 5.41) is 9.75. The highest BCUT2D eigenvalue weighted by molar-refractivity contribution is 9.10. The van der Waals surface area contributed by atoms with E-state index in [-0.39, 0.29) is 0 Å². The van der Waals surface area contributed by atoms with E-state index in [0.717, 1.165) is 33.8 Å². The molecule has 2 aromatic rings. The summed E-state index contributed by atoms with van der Waals surface area (Å²) >= 11 is 5.15. The summed E-state index contributed by atoms with van der Waals surface area (Å²) in [5.74, 6) is 0. The molecule has 104 valence electrons. The summed E-state index contributed by atoms with van der Waals surface area (Å²) < 4.78 is 1.08. The summed E-state index contributed by atoms with van der Waals surface area (Å²) in [6.07, 6.45) is 5.70. The van der Waals surface area contributed by atoms with Crippen LogP contribution in [0.25, 0.3) is 10.6 Å². The number of halogens is 1. The van der Waals surface area contributed by atoms with E-state index in [1.165, 1.54) is 19.3 Å². The third kappa shape index (κ3) is 3.46. The monoisotopic (exact) mass is 349 g/mol. The fourth-order valence-corrected chi connectivity index (χ4v) is 3.40. The van der Waals surface area contributed by atoms with Gasteiger partial charge in [-0.25, -0.2) is 4.98 Å². The molecule has 1 aliphatic rings. The average Bonchev–Trinajstić information content (AvgIpc) is 2.95. The van der Waals surface area contributed by atoms with Gasteiger partial charge in [-0.2, -0.15) is 5.10 Å². The first-order valence-electron chi connectivity index (χ1n) is 6.82. The van der Waals surface area contributed by atoms with Crippen LogP contribution in [0, 0.1) is 0 Å². The van der Waals surface area contributed by atoms with Gasteiger partial charge in [-0.3, -0.25) is 5.01 Å². The first kappa shape index (κ1) is 13.8. The topological polar surface area (TPSA) is 28.5 Å². The predicted molar refractivity (Wildman–Crippen MR) is 88.3 cm³/mol. The van der Waals surface area contributed by atoms with E-state index in [0.29, 0.717) is 0 Å². The minimum atomic E-state index is 0.940. The highest BCUT2D eigenvalue weighted by atomic mass is 79.9. The Bertz CT molecular complexity index is 603. The Hall–Kier alpha value is -1.20. The van der Waals surface area contributed by atoms with Crippen LogP contribution in [-0.4, -0.2) is 29.3 Å². The predicted octanol–water partition coefficient (Wildman–Crippen LogP) is 4.39. The molecule has 1 fully saturated rings. The molecule has 3 nitrogen and oxygen atoms in total. The molecular weight excluding hydrogens is 334 g/mol. The van der Waals surface area contributed by atoms with Crippen LogP contribution in [0.15, 0.2) is 39.2 Å². The van der Waals surface area contributed by atoms with Crippen LogP contribution in [-0.2, 0) is 0 Å². The smallest absolute Gasteiger partial charge is 0.124 e. The van der Waals surface area contributed by atoms with Crippen molar-refractivity contribution >= 4 is 33.5 Å². The molecule has 0 radical (unpaired) electrons. The molecule has 1 aromatic carbocycles. The number of benzene rings is 1. The molecule has 0 aliphatic carbocycles. The second kappa shape index (κ2) is 6.50. The van der Waals surface area contributed by atoms with Crippen LogP contribution < -0.4 is 0 Å². The minimum absolute atomic E-state index is 0.940. The van der Waals surface area contributed by atoms with E-state index in [1.807, 2.05) is 18.3 Å². The second-order valence-electron chi connectivity index (χ2n) is 4.85. The largest absolute Gasteiger partial charge is 0.297 e. The average molecular weight is 350 g/mol. The van der Waals surface area contributed by atoms with Gasteiger partial charge in [0.05, 0.1) is 11.9 Å². The zero-order valence-corrected chi connectivity index (χ0v) is 13.5. The van der Waals surface area contributed by atoms with Crippen molar-refractivity contribution in [3.8, 4) is 10.6 Å². The molecule has 20 heavy (non-hydrogen) atoms. The van der Waals surface area contributed by atoms with Crippen molar-refractivity contribution < 1.29 is 0 Å². The van der Waals surface area contributed by atoms with Crippen LogP contribution in [0.2, 0.25) is 0 Å². The molecule has 0 amide bonds. The van der Waals surface area contributed by atoms with Crippen molar-refractivity contribution in [1.82, 2.24) is 9.99 Å². The number of nitrogens with zero attached hydrogens (tertiary/aromatic N) is 3. The zero-order valence-electron chi connectivity index (χ0n) is 11.1. The fraction of sp³-hybridized carbons (Fsp3) is 0.333. The van der Waals surface area contributed by atoms with Gasteiger partial charge >= 0.3 is 0 Å². The van der Waals surface area contributed by atoms with Crippen LogP contribution >= 0.6 is 27.3 Å². The first-order chi connectivity index (χ1) is 9.81. The maximum atomic E-state index is 4.63. The maximum Gasteiger partial charge on any atom is 0.124 e. The highest BCUT2D eigenvalue weighted by Crippen LogP contribution is 2.25. The standard InChI is InChI=1S/C15H16BrN3S/c16-13-6-4-5-12(9-13)15-18-14(11-20-15)10-17-19-7-2-1-3-8-19/h4-6,9-11H,1-3,7-8H2/b17-10-. The fourth-order valence-electron chi connectivity index (χ4n) is 2.23. The van der Waals surface area contributed by atoms with E-state index in [1.54, 1.807) is 11.3 Å². The lowest BCUT2D eigenvalue weighted by Gasteiger charge is -2.22. The number of hydrazone groups is 1. The van der Waals surface area contributed by atoms with Crippen molar-refractivity contribution in [2.45, 2.75) is 19.3 Å². The van der Waals surface area contributed by atoms with Crippen molar-refractivity contribution in [1.29, 1.82) is 0 Å². The van der Waals surface area contributed by atoms with Crippen LogP contribution in [0.4, 0.5) is 0 Å². The van der Waals surface area contributed by atoms with Crippen molar-refractivity contribution in [3.63, 3.8) is 0 Å². The minimum Gasteiger partial charge on any atom is -0.297 e. The van der Waals surface area contributed by atoms with Gasteiger partial charge in [0.1, 0.15) is 5.01 Å². The highest BCUT2D eigenvalue weighted by Gasteiger charge is 2.07. The lowest BCUT2D eigenvalue weighted by molar-refractivity contribution is 0.240. The Balaban J connectivity index is 1.71. The molecule has 0 unspecified atom stereocenters. The van der Waals surface area contributed by atoms with Gasteiger partial charge < -0.3 is 0 Å². The number of hydrogen-bond acceptors (Lipinski definition) is 4. The Morgan fingerprint density at radius 1 is 1.25 bits per heavy atom. The van der Waals surface area contributed by atoms with Gasteiger partial charge in [0.25, 0.3) is 0 Å². The molecule has 0 bridgehead atoms. The molecule has 1 aliphatic heterocycles. The molecule has 2 heterocycles. The van der Waals surface area contributed by atoms with Gasteiger partial charge in [-0.15, -0.1) is 11.3 Å². The molecule has 3 rings (SSSR count). The Kier molecular flexibility index (Phi) is 4.47. The summed E-state index contributed by atoms with van der Waals surface area (Å²) in [5.41, 5.74) is 2.08. The van der Waals surface area contributed by atoms with Crippen molar-refractivity contribution in [2.24, 2.45) is 5.10 Å². The van der Waals surface area contributed by atoms with E-state index < -0.39 is 0 Å². The molecule has 0 saturated carbocycles. The Labute approximate surface area is 131 Å². The lowest BCUT2D eigenvalue weighted by atomic mass is 10.2. The lowest BCUT2D eigenvalue weighted by Crippen LogP contribution is -2.24. The quantitative estimate of drug-likeness (QED) is 0.768. The number of piperidine rings is 1. The van der Waals surface area contributed by atoms with Crippen LogP contribution in [0.5, 0.6) is 0 Å². The maximum absolute atomic E-state index is 4.63. The van der Waals surface area contributed by atoms with Gasteiger partial charge in [0, 0.05) is 28.5 Å². The number of hydrogen-bond donors (Lipinski definition) is 0. The normalized spacial score (nSPS) is 15.9. The second-order valence-corrected chi connectivity index (χ2v) is 6.62. The van der Waals surface area contributed by atoms with E-state index in [2.05, 4.69) is 48.5 Å². The van der Waals surface area contributed by atoms with Gasteiger partial charge in [0.15, 0.2) is 0 Å². The zero-order chi connectivity index (χ0) is 13.8. The molecule has 0 spiro atoms. The van der Waals surface area contributed by atoms with E-state index >= 15 is 0 Å². The number of thiazole rings is 1. The van der Waals surface area contributed by atoms with E-state index in [4.69, 9.17) is 0 Å². The molecule has 1 saturated heterocycles. The van der Waals surface area contributed by atoms with Crippen LogP contribution in [0.3, 0.4) is 0 Å². The molecule has 0 N–H and O–H groups in total. The summed E-state index contributed by atoms with van der Waals surface area (Å²) in [6, 6.07) is 8.22. The summed E-state index contributed by atoms with van der Waals surface area (Å²) in [6.45, 7) is 2.14. The summed E-state index contributed by atoms with van der Waals surface area (Å²) in [7, 11) is 0. The molecule has 0 atom stereocenters. The number of rotatable bonds is 3. The summed E-state index contributed by atoms with van der Waals surface area (Å²) in [4.78, 5) is 4.63. The molecule has 5 heteroatoms. The van der Waals surface area contributed by atoms with Gasteiger partial charge in [0.2, 0.25) is 0 Å². The van der Waals surface area contributed by atoms with E-state index in [9.17, 15) is 0 Å². The van der Waals surface area contributed by atoms with Gasteiger partial charge in [-0.1, -0.05) is 28.1 Å². The third-order valence-corrected chi connectivity index (χ3v) is 4.68. The Morgan fingerprint density at radius 2 is 2.10 bits per heavy atom. The van der Waals surface area contributed by atoms with Crippen molar-refractivity contribution in [3.05, 3.63) is 39.8 Å². The Morgan fingerprint density at radius 3 is 2.90 bits per heavy atom. The SMILES string of the molecule is Brc1cccc(-c2nc(/C=N\N3CCCCC3)cs2)c1. The molecule has 1 aromatic heterocycles.